The van der Waals surface area contributed by atoms with Gasteiger partial charge in [-0.3, -0.25) is 0 Å². The Morgan fingerprint density at radius 3 is 2.31 bits per heavy atom. The van der Waals surface area contributed by atoms with Crippen molar-refractivity contribution in [2.45, 2.75) is 32.1 Å². The Kier molecular flexibility index (Phi) is 2.99. The molecule has 1 saturated carbocycles. The predicted molar refractivity (Wildman–Crippen MR) is 50.4 cm³/mol. The zero-order chi connectivity index (χ0) is 9.10. The highest BCUT2D eigenvalue weighted by atomic mass is 16.5. The van der Waals surface area contributed by atoms with Crippen molar-refractivity contribution in [3.05, 3.63) is 0 Å². The van der Waals surface area contributed by atoms with Crippen LogP contribution in [0.25, 0.3) is 0 Å². The summed E-state index contributed by atoms with van der Waals surface area (Å²) in [7, 11) is 0. The zero-order valence-electron chi connectivity index (χ0n) is 8.08. The Morgan fingerprint density at radius 1 is 1.00 bits per heavy atom. The molecule has 1 heterocycles. The number of rotatable bonds is 2. The summed E-state index contributed by atoms with van der Waals surface area (Å²) in [6, 6.07) is 0. The molecule has 0 N–H and O–H groups in total. The van der Waals surface area contributed by atoms with Crippen LogP contribution in [0.4, 0.5) is 0 Å². The van der Waals surface area contributed by atoms with Crippen LogP contribution in [0, 0.1) is 17.8 Å². The lowest BCUT2D eigenvalue weighted by Gasteiger charge is -2.29. The topological polar surface area (TPSA) is 26.3 Å². The molecule has 0 aromatic heterocycles. The van der Waals surface area contributed by atoms with Crippen molar-refractivity contribution in [1.29, 1.82) is 0 Å². The quantitative estimate of drug-likeness (QED) is 0.611. The first-order valence-electron chi connectivity index (χ1n) is 5.43. The molecule has 2 nitrogen and oxygen atoms in total. The third kappa shape index (κ3) is 2.11. The fourth-order valence-electron chi connectivity index (χ4n) is 2.68. The fraction of sp³-hybridized carbons (Fsp3) is 0.909. The van der Waals surface area contributed by atoms with Gasteiger partial charge in [-0.05, 0) is 43.9 Å². The second-order valence-corrected chi connectivity index (χ2v) is 4.43. The van der Waals surface area contributed by atoms with Crippen LogP contribution in [-0.4, -0.2) is 19.5 Å². The summed E-state index contributed by atoms with van der Waals surface area (Å²) in [5.74, 6) is 2.00. The molecule has 2 heteroatoms. The van der Waals surface area contributed by atoms with Gasteiger partial charge in [0, 0.05) is 19.1 Å². The minimum absolute atomic E-state index is 0.360. The van der Waals surface area contributed by atoms with Crippen LogP contribution in [0.1, 0.15) is 32.1 Å². The van der Waals surface area contributed by atoms with Gasteiger partial charge >= 0.3 is 0 Å². The summed E-state index contributed by atoms with van der Waals surface area (Å²) in [4.78, 5) is 10.6. The minimum Gasteiger partial charge on any atom is -0.381 e. The van der Waals surface area contributed by atoms with Crippen LogP contribution in [0.15, 0.2) is 0 Å². The van der Waals surface area contributed by atoms with Crippen molar-refractivity contribution >= 4 is 6.29 Å². The predicted octanol–water partition coefficient (Wildman–Crippen LogP) is 2.03. The second kappa shape index (κ2) is 4.23. The zero-order valence-corrected chi connectivity index (χ0v) is 8.08. The summed E-state index contributed by atoms with van der Waals surface area (Å²) >= 11 is 0. The monoisotopic (exact) mass is 182 g/mol. The highest BCUT2D eigenvalue weighted by Gasteiger charge is 2.29. The molecule has 2 fully saturated rings. The molecule has 0 bridgehead atoms. The van der Waals surface area contributed by atoms with Crippen LogP contribution in [0.3, 0.4) is 0 Å². The van der Waals surface area contributed by atoms with E-state index in [1.807, 2.05) is 0 Å². The molecule has 1 aliphatic heterocycles. The Morgan fingerprint density at radius 2 is 1.77 bits per heavy atom. The smallest absolute Gasteiger partial charge is 0.123 e. The molecule has 13 heavy (non-hydrogen) atoms. The Labute approximate surface area is 79.7 Å². The first-order chi connectivity index (χ1) is 6.40. The van der Waals surface area contributed by atoms with Gasteiger partial charge in [-0.25, -0.2) is 0 Å². The minimum atomic E-state index is 0.360. The van der Waals surface area contributed by atoms with E-state index in [2.05, 4.69) is 0 Å². The van der Waals surface area contributed by atoms with Crippen molar-refractivity contribution in [3.8, 4) is 0 Å². The molecule has 1 saturated heterocycles. The highest BCUT2D eigenvalue weighted by Crippen LogP contribution is 2.35. The molecule has 0 aromatic carbocycles. The normalized spacial score (nSPS) is 40.5. The second-order valence-electron chi connectivity index (χ2n) is 4.43. The lowest BCUT2D eigenvalue weighted by molar-refractivity contribution is -0.112. The van der Waals surface area contributed by atoms with Crippen molar-refractivity contribution < 1.29 is 9.53 Å². The molecule has 1 aliphatic carbocycles. The Hall–Kier alpha value is -0.370. The first kappa shape index (κ1) is 9.20. The number of aldehydes is 1. The van der Waals surface area contributed by atoms with E-state index < -0.39 is 0 Å². The molecule has 2 rings (SSSR count). The van der Waals surface area contributed by atoms with Gasteiger partial charge in [-0.15, -0.1) is 0 Å². The van der Waals surface area contributed by atoms with E-state index in [1.54, 1.807) is 0 Å². The maximum Gasteiger partial charge on any atom is 0.123 e. The van der Waals surface area contributed by atoms with Gasteiger partial charge < -0.3 is 9.53 Å². The van der Waals surface area contributed by atoms with E-state index in [1.165, 1.54) is 19.3 Å². The molecule has 74 valence electrons. The number of hydrogen-bond acceptors (Lipinski definition) is 2. The van der Waals surface area contributed by atoms with Crippen molar-refractivity contribution in [2.24, 2.45) is 17.8 Å². The average Bonchev–Trinajstić information content (AvgIpc) is 2.71. The summed E-state index contributed by atoms with van der Waals surface area (Å²) in [5.41, 5.74) is 0. The van der Waals surface area contributed by atoms with Crippen LogP contribution in [0.5, 0.6) is 0 Å². The van der Waals surface area contributed by atoms with Gasteiger partial charge in [-0.1, -0.05) is 0 Å². The molecular weight excluding hydrogens is 164 g/mol. The molecule has 1 atom stereocenters. The number of carbonyl (C=O) groups is 1. The molecule has 0 radical (unpaired) electrons. The van der Waals surface area contributed by atoms with Gasteiger partial charge in [0.2, 0.25) is 0 Å². The molecular formula is C11H18O2. The van der Waals surface area contributed by atoms with Gasteiger partial charge in [0.15, 0.2) is 0 Å². The summed E-state index contributed by atoms with van der Waals surface area (Å²) < 4.78 is 5.39. The van der Waals surface area contributed by atoms with E-state index in [0.29, 0.717) is 5.92 Å². The van der Waals surface area contributed by atoms with E-state index in [-0.39, 0.29) is 0 Å². The number of hydrogen-bond donors (Lipinski definition) is 0. The molecule has 1 unspecified atom stereocenters. The standard InChI is InChI=1S/C11H18O2/c12-7-9-1-3-10(4-2-9)11-5-6-13-8-11/h7,9-11H,1-6,8H2. The van der Waals surface area contributed by atoms with Crippen LogP contribution in [0.2, 0.25) is 0 Å². The largest absolute Gasteiger partial charge is 0.381 e. The highest BCUT2D eigenvalue weighted by molar-refractivity contribution is 5.53. The number of carbonyl (C=O) groups excluding carboxylic acids is 1. The SMILES string of the molecule is O=CC1CCC(C2CCOC2)CC1. The lowest BCUT2D eigenvalue weighted by atomic mass is 9.76. The Bertz CT molecular complexity index is 165. The summed E-state index contributed by atoms with van der Waals surface area (Å²) in [6.45, 7) is 1.93. The van der Waals surface area contributed by atoms with E-state index in [9.17, 15) is 4.79 Å². The molecule has 2 aliphatic rings. The first-order valence-corrected chi connectivity index (χ1v) is 5.43. The van der Waals surface area contributed by atoms with Crippen molar-refractivity contribution in [1.82, 2.24) is 0 Å². The molecule has 0 amide bonds. The van der Waals surface area contributed by atoms with E-state index in [0.717, 1.165) is 44.2 Å². The fourth-order valence-corrected chi connectivity index (χ4v) is 2.68. The van der Waals surface area contributed by atoms with Gasteiger partial charge in [-0.2, -0.15) is 0 Å². The maximum atomic E-state index is 10.6. The summed E-state index contributed by atoms with van der Waals surface area (Å²) in [6.07, 6.45) is 7.11. The number of ether oxygens (including phenoxy) is 1. The van der Waals surface area contributed by atoms with Gasteiger partial charge in [0.05, 0.1) is 0 Å². The van der Waals surface area contributed by atoms with Crippen LogP contribution in [-0.2, 0) is 9.53 Å². The van der Waals surface area contributed by atoms with E-state index in [4.69, 9.17) is 4.74 Å². The van der Waals surface area contributed by atoms with Crippen molar-refractivity contribution in [3.63, 3.8) is 0 Å². The van der Waals surface area contributed by atoms with Gasteiger partial charge in [0.25, 0.3) is 0 Å². The maximum absolute atomic E-state index is 10.6. The third-order valence-electron chi connectivity index (χ3n) is 3.64. The molecule has 0 aromatic rings. The lowest BCUT2D eigenvalue weighted by Crippen LogP contribution is -2.22. The summed E-state index contributed by atoms with van der Waals surface area (Å²) in [5, 5.41) is 0. The third-order valence-corrected chi connectivity index (χ3v) is 3.64. The van der Waals surface area contributed by atoms with Crippen LogP contribution < -0.4 is 0 Å². The van der Waals surface area contributed by atoms with E-state index >= 15 is 0 Å². The average molecular weight is 182 g/mol. The van der Waals surface area contributed by atoms with Gasteiger partial charge in [0.1, 0.15) is 6.29 Å². The Balaban J connectivity index is 1.79. The molecule has 0 spiro atoms. The van der Waals surface area contributed by atoms with Crippen molar-refractivity contribution in [2.75, 3.05) is 13.2 Å². The van der Waals surface area contributed by atoms with Crippen LogP contribution >= 0.6 is 0 Å².